The number of fused-ring (bicyclic) bond motifs is 1. The number of aromatic nitrogens is 3. The van der Waals surface area contributed by atoms with Crippen molar-refractivity contribution in [1.29, 1.82) is 0 Å². The van der Waals surface area contributed by atoms with E-state index >= 15 is 0 Å². The minimum absolute atomic E-state index is 0.269. The molecular formula is C15H12BrN3O2. The monoisotopic (exact) mass is 345 g/mol. The number of imidazole rings is 1. The first kappa shape index (κ1) is 13.8. The number of rotatable bonds is 3. The number of esters is 1. The molecule has 3 rings (SSSR count). The SMILES string of the molecule is COC(=O)c1nc2cncc(Br)c2n1Cc1ccccc1. The molecule has 2 aromatic heterocycles. The van der Waals surface area contributed by atoms with Crippen LogP contribution >= 0.6 is 15.9 Å². The van der Waals surface area contributed by atoms with Gasteiger partial charge in [-0.15, -0.1) is 0 Å². The lowest BCUT2D eigenvalue weighted by Gasteiger charge is -2.08. The highest BCUT2D eigenvalue weighted by molar-refractivity contribution is 9.10. The molecule has 0 radical (unpaired) electrons. The molecule has 0 bridgehead atoms. The highest BCUT2D eigenvalue weighted by Crippen LogP contribution is 2.25. The number of carbonyl (C=O) groups is 1. The predicted molar refractivity (Wildman–Crippen MR) is 82.1 cm³/mol. The summed E-state index contributed by atoms with van der Waals surface area (Å²) < 4.78 is 7.45. The maximum absolute atomic E-state index is 12.0. The van der Waals surface area contributed by atoms with Gasteiger partial charge in [0.25, 0.3) is 0 Å². The number of halogens is 1. The number of nitrogens with zero attached hydrogens (tertiary/aromatic N) is 3. The van der Waals surface area contributed by atoms with Gasteiger partial charge in [0.2, 0.25) is 5.82 Å². The van der Waals surface area contributed by atoms with Gasteiger partial charge in [-0.25, -0.2) is 9.78 Å². The molecule has 0 saturated carbocycles. The van der Waals surface area contributed by atoms with Crippen molar-refractivity contribution in [2.24, 2.45) is 0 Å². The van der Waals surface area contributed by atoms with Crippen molar-refractivity contribution in [2.75, 3.05) is 7.11 Å². The van der Waals surface area contributed by atoms with Crippen molar-refractivity contribution in [2.45, 2.75) is 6.54 Å². The Morgan fingerprint density at radius 1 is 1.29 bits per heavy atom. The molecule has 0 aliphatic rings. The number of benzene rings is 1. The van der Waals surface area contributed by atoms with Crippen LogP contribution in [0.25, 0.3) is 11.0 Å². The fourth-order valence-electron chi connectivity index (χ4n) is 2.21. The Morgan fingerprint density at radius 3 is 2.76 bits per heavy atom. The Labute approximate surface area is 129 Å². The maximum Gasteiger partial charge on any atom is 0.374 e. The van der Waals surface area contributed by atoms with Gasteiger partial charge in [-0.1, -0.05) is 30.3 Å². The third-order valence-corrected chi connectivity index (χ3v) is 3.74. The zero-order chi connectivity index (χ0) is 14.8. The molecule has 106 valence electrons. The Morgan fingerprint density at radius 2 is 2.05 bits per heavy atom. The molecule has 21 heavy (non-hydrogen) atoms. The number of ether oxygens (including phenoxy) is 1. The first-order valence-electron chi connectivity index (χ1n) is 6.32. The summed E-state index contributed by atoms with van der Waals surface area (Å²) in [5.41, 5.74) is 2.56. The quantitative estimate of drug-likeness (QED) is 0.684. The number of methoxy groups -OCH3 is 1. The second-order valence-electron chi connectivity index (χ2n) is 4.49. The van der Waals surface area contributed by atoms with E-state index < -0.39 is 5.97 Å². The van der Waals surface area contributed by atoms with Crippen molar-refractivity contribution in [3.8, 4) is 0 Å². The van der Waals surface area contributed by atoms with Gasteiger partial charge in [0.05, 0.1) is 23.3 Å². The lowest BCUT2D eigenvalue weighted by Crippen LogP contribution is -2.12. The van der Waals surface area contributed by atoms with Crippen LogP contribution in [0.2, 0.25) is 0 Å². The van der Waals surface area contributed by atoms with Crippen LogP contribution < -0.4 is 0 Å². The number of pyridine rings is 1. The van der Waals surface area contributed by atoms with Gasteiger partial charge in [-0.2, -0.15) is 0 Å². The zero-order valence-corrected chi connectivity index (χ0v) is 12.9. The van der Waals surface area contributed by atoms with E-state index in [1.807, 2.05) is 34.9 Å². The molecule has 0 saturated heterocycles. The van der Waals surface area contributed by atoms with E-state index in [2.05, 4.69) is 25.9 Å². The minimum atomic E-state index is -0.464. The molecule has 6 heteroatoms. The Kier molecular flexibility index (Phi) is 3.70. The maximum atomic E-state index is 12.0. The van der Waals surface area contributed by atoms with Gasteiger partial charge in [-0.05, 0) is 21.5 Å². The van der Waals surface area contributed by atoms with E-state index in [1.54, 1.807) is 12.4 Å². The summed E-state index contributed by atoms with van der Waals surface area (Å²) in [4.78, 5) is 20.4. The minimum Gasteiger partial charge on any atom is -0.463 e. The van der Waals surface area contributed by atoms with Crippen molar-refractivity contribution in [1.82, 2.24) is 14.5 Å². The number of hydrogen-bond acceptors (Lipinski definition) is 4. The third-order valence-electron chi connectivity index (χ3n) is 3.16. The number of carbonyl (C=O) groups excluding carboxylic acids is 1. The second-order valence-corrected chi connectivity index (χ2v) is 5.34. The summed E-state index contributed by atoms with van der Waals surface area (Å²) in [6, 6.07) is 9.88. The Hall–Kier alpha value is -2.21. The second kappa shape index (κ2) is 5.65. The molecule has 0 unspecified atom stereocenters. The van der Waals surface area contributed by atoms with Crippen LogP contribution in [0, 0.1) is 0 Å². The molecule has 2 heterocycles. The van der Waals surface area contributed by atoms with Crippen molar-refractivity contribution in [3.63, 3.8) is 0 Å². The molecule has 3 aromatic rings. The summed E-state index contributed by atoms with van der Waals surface area (Å²) in [7, 11) is 1.35. The van der Waals surface area contributed by atoms with Gasteiger partial charge in [0, 0.05) is 12.7 Å². The molecule has 1 aromatic carbocycles. The summed E-state index contributed by atoms with van der Waals surface area (Å²) in [6.45, 7) is 0.532. The summed E-state index contributed by atoms with van der Waals surface area (Å²) in [6.07, 6.45) is 3.32. The first-order valence-corrected chi connectivity index (χ1v) is 7.12. The summed E-state index contributed by atoms with van der Waals surface area (Å²) in [5, 5.41) is 0. The summed E-state index contributed by atoms with van der Waals surface area (Å²) >= 11 is 3.47. The lowest BCUT2D eigenvalue weighted by atomic mass is 10.2. The van der Waals surface area contributed by atoms with Crippen molar-refractivity contribution < 1.29 is 9.53 Å². The third kappa shape index (κ3) is 2.54. The van der Waals surface area contributed by atoms with Crippen molar-refractivity contribution in [3.05, 3.63) is 58.6 Å². The summed E-state index contributed by atoms with van der Waals surface area (Å²) in [5.74, 6) is -0.195. The molecule has 0 spiro atoms. The average molecular weight is 346 g/mol. The molecule has 0 atom stereocenters. The zero-order valence-electron chi connectivity index (χ0n) is 11.3. The van der Waals surface area contributed by atoms with Gasteiger partial charge in [0.1, 0.15) is 5.52 Å². The highest BCUT2D eigenvalue weighted by atomic mass is 79.9. The van der Waals surface area contributed by atoms with Crippen molar-refractivity contribution >= 4 is 32.9 Å². The number of hydrogen-bond donors (Lipinski definition) is 0. The molecule has 5 nitrogen and oxygen atoms in total. The van der Waals surface area contributed by atoms with Crippen LogP contribution in [0.4, 0.5) is 0 Å². The molecule has 0 aliphatic carbocycles. The molecule has 0 fully saturated rings. The average Bonchev–Trinajstić information content (AvgIpc) is 2.87. The van der Waals surface area contributed by atoms with E-state index in [9.17, 15) is 4.79 Å². The van der Waals surface area contributed by atoms with E-state index in [0.29, 0.717) is 12.1 Å². The van der Waals surface area contributed by atoms with E-state index in [4.69, 9.17) is 4.74 Å². The van der Waals surface area contributed by atoms with E-state index in [1.165, 1.54) is 7.11 Å². The van der Waals surface area contributed by atoms with Crippen LogP contribution in [-0.4, -0.2) is 27.6 Å². The van der Waals surface area contributed by atoms with Gasteiger partial charge >= 0.3 is 5.97 Å². The van der Waals surface area contributed by atoms with Gasteiger partial charge in [-0.3, -0.25) is 4.98 Å². The van der Waals surface area contributed by atoms with Crippen LogP contribution in [0.15, 0.2) is 47.2 Å². The largest absolute Gasteiger partial charge is 0.463 e. The predicted octanol–water partition coefficient (Wildman–Crippen LogP) is 3.03. The van der Waals surface area contributed by atoms with Crippen LogP contribution in [-0.2, 0) is 11.3 Å². The van der Waals surface area contributed by atoms with E-state index in [-0.39, 0.29) is 5.82 Å². The van der Waals surface area contributed by atoms with Gasteiger partial charge in [0.15, 0.2) is 0 Å². The van der Waals surface area contributed by atoms with Crippen LogP contribution in [0.5, 0.6) is 0 Å². The van der Waals surface area contributed by atoms with Gasteiger partial charge < -0.3 is 9.30 Å². The molecular weight excluding hydrogens is 334 g/mol. The topological polar surface area (TPSA) is 57.0 Å². The standard InChI is InChI=1S/C15H12BrN3O2/c1-21-15(20)14-18-12-8-17-7-11(16)13(12)19(14)9-10-5-3-2-4-6-10/h2-8H,9H2,1H3. The molecule has 0 amide bonds. The normalized spacial score (nSPS) is 10.8. The smallest absolute Gasteiger partial charge is 0.374 e. The Balaban J connectivity index is 2.20. The Bertz CT molecular complexity index is 799. The lowest BCUT2D eigenvalue weighted by molar-refractivity contribution is 0.0582. The van der Waals surface area contributed by atoms with E-state index in [0.717, 1.165) is 15.6 Å². The fourth-order valence-corrected chi connectivity index (χ4v) is 2.75. The first-order chi connectivity index (χ1) is 10.2. The highest BCUT2D eigenvalue weighted by Gasteiger charge is 2.20. The fraction of sp³-hybridized carbons (Fsp3) is 0.133. The van der Waals surface area contributed by atoms with Crippen LogP contribution in [0.1, 0.15) is 16.2 Å². The molecule has 0 aliphatic heterocycles. The van der Waals surface area contributed by atoms with Crippen LogP contribution in [0.3, 0.4) is 0 Å². The molecule has 0 N–H and O–H groups in total.